The normalized spacial score (nSPS) is 10.7. The van der Waals surface area contributed by atoms with Crippen LogP contribution in [-0.4, -0.2) is 11.1 Å². The number of carbonyl (C=O) groups excluding carboxylic acids is 1. The van der Waals surface area contributed by atoms with E-state index in [2.05, 4.69) is 0 Å². The van der Waals surface area contributed by atoms with E-state index in [9.17, 15) is 14.7 Å². The smallest absolute Gasteiger partial charge is 0.343 e. The topological polar surface area (TPSA) is 76.7 Å². The third kappa shape index (κ3) is 2.94. The van der Waals surface area contributed by atoms with Gasteiger partial charge in [-0.3, -0.25) is 0 Å². The number of hydrogen-bond acceptors (Lipinski definition) is 5. The Balaban J connectivity index is 2.03. The maximum atomic E-state index is 12.1. The highest BCUT2D eigenvalue weighted by Crippen LogP contribution is 2.33. The van der Waals surface area contributed by atoms with Gasteiger partial charge in [-0.25, -0.2) is 9.59 Å². The van der Waals surface area contributed by atoms with Crippen LogP contribution in [0.3, 0.4) is 0 Å². The van der Waals surface area contributed by atoms with Crippen molar-refractivity contribution in [2.24, 2.45) is 0 Å². The van der Waals surface area contributed by atoms with E-state index in [1.807, 2.05) is 6.92 Å². The second kappa shape index (κ2) is 5.96. The Morgan fingerprint density at radius 3 is 2.61 bits per heavy atom. The van der Waals surface area contributed by atoms with E-state index in [1.54, 1.807) is 30.3 Å². The monoisotopic (exact) mass is 310 g/mol. The summed E-state index contributed by atoms with van der Waals surface area (Å²) in [5.41, 5.74) is 0.895. The van der Waals surface area contributed by atoms with Gasteiger partial charge in [-0.2, -0.15) is 0 Å². The molecule has 0 amide bonds. The van der Waals surface area contributed by atoms with Gasteiger partial charge >= 0.3 is 11.6 Å². The van der Waals surface area contributed by atoms with Crippen molar-refractivity contribution in [1.29, 1.82) is 0 Å². The van der Waals surface area contributed by atoms with E-state index in [4.69, 9.17) is 9.15 Å². The minimum absolute atomic E-state index is 0.0530. The van der Waals surface area contributed by atoms with Crippen LogP contribution in [0.25, 0.3) is 11.0 Å². The maximum absolute atomic E-state index is 12.1. The summed E-state index contributed by atoms with van der Waals surface area (Å²) in [6.45, 7) is 1.90. The molecule has 5 nitrogen and oxygen atoms in total. The summed E-state index contributed by atoms with van der Waals surface area (Å²) in [5, 5.41) is 10.7. The summed E-state index contributed by atoms with van der Waals surface area (Å²) in [7, 11) is 0. The molecule has 0 saturated heterocycles. The Hall–Kier alpha value is -3.08. The largest absolute Gasteiger partial charge is 0.504 e. The molecule has 23 heavy (non-hydrogen) atoms. The lowest BCUT2D eigenvalue weighted by molar-refractivity contribution is 0.0730. The number of benzene rings is 2. The molecule has 0 aliphatic rings. The zero-order chi connectivity index (χ0) is 16.4. The van der Waals surface area contributed by atoms with Gasteiger partial charge in [0.2, 0.25) is 0 Å². The minimum atomic E-state index is -0.603. The van der Waals surface area contributed by atoms with Gasteiger partial charge in [-0.15, -0.1) is 0 Å². The van der Waals surface area contributed by atoms with Crippen LogP contribution in [0.4, 0.5) is 0 Å². The van der Waals surface area contributed by atoms with Crippen molar-refractivity contribution in [2.45, 2.75) is 13.3 Å². The van der Waals surface area contributed by atoms with Gasteiger partial charge in [0.1, 0.15) is 5.58 Å². The average Bonchev–Trinajstić information content (AvgIpc) is 2.56. The molecule has 0 aliphatic heterocycles. The van der Waals surface area contributed by atoms with Gasteiger partial charge in [0.05, 0.1) is 5.56 Å². The number of rotatable bonds is 3. The van der Waals surface area contributed by atoms with E-state index in [0.717, 1.165) is 5.56 Å². The molecule has 0 unspecified atom stereocenters. The lowest BCUT2D eigenvalue weighted by atomic mass is 10.1. The van der Waals surface area contributed by atoms with Crippen molar-refractivity contribution in [3.8, 4) is 11.5 Å². The first kappa shape index (κ1) is 14.8. The quantitative estimate of drug-likeness (QED) is 0.456. The summed E-state index contributed by atoms with van der Waals surface area (Å²) >= 11 is 0. The van der Waals surface area contributed by atoms with Crippen LogP contribution in [0.5, 0.6) is 11.5 Å². The van der Waals surface area contributed by atoms with Crippen molar-refractivity contribution in [1.82, 2.24) is 0 Å². The molecule has 1 N–H and O–H groups in total. The molecule has 2 aromatic carbocycles. The summed E-state index contributed by atoms with van der Waals surface area (Å²) in [5.74, 6) is -0.845. The lowest BCUT2D eigenvalue weighted by Gasteiger charge is -2.09. The van der Waals surface area contributed by atoms with Crippen LogP contribution in [0, 0.1) is 0 Å². The zero-order valence-corrected chi connectivity index (χ0v) is 12.4. The number of carbonyl (C=O) groups is 1. The number of fused-ring (bicyclic) bond motifs is 1. The Labute approximate surface area is 131 Å². The van der Waals surface area contributed by atoms with E-state index >= 15 is 0 Å². The molecule has 5 heteroatoms. The molecule has 3 rings (SSSR count). The summed E-state index contributed by atoms with van der Waals surface area (Å²) in [6.07, 6.45) is 0.616. The van der Waals surface area contributed by atoms with E-state index < -0.39 is 11.6 Å². The fourth-order valence-corrected chi connectivity index (χ4v) is 2.35. The Bertz CT molecular complexity index is 925. The lowest BCUT2D eigenvalue weighted by Crippen LogP contribution is -2.08. The molecule has 0 atom stereocenters. The van der Waals surface area contributed by atoms with Gasteiger partial charge < -0.3 is 14.3 Å². The molecule has 0 bridgehead atoms. The van der Waals surface area contributed by atoms with Gasteiger partial charge in [-0.05, 0) is 30.2 Å². The van der Waals surface area contributed by atoms with Gasteiger partial charge in [0.25, 0.3) is 0 Å². The molecule has 0 saturated carbocycles. The van der Waals surface area contributed by atoms with Gasteiger partial charge in [0.15, 0.2) is 11.5 Å². The van der Waals surface area contributed by atoms with Crippen LogP contribution in [0.2, 0.25) is 0 Å². The van der Waals surface area contributed by atoms with Gasteiger partial charge in [-0.1, -0.05) is 25.1 Å². The number of phenolic OH excluding ortho intramolecular Hbond substituents is 1. The molecule has 116 valence electrons. The van der Waals surface area contributed by atoms with E-state index in [1.165, 1.54) is 18.2 Å². The third-order valence-corrected chi connectivity index (χ3v) is 3.50. The molecule has 0 radical (unpaired) electrons. The first-order valence-electron chi connectivity index (χ1n) is 7.15. The highest BCUT2D eigenvalue weighted by Gasteiger charge is 2.15. The zero-order valence-electron chi connectivity index (χ0n) is 12.4. The van der Waals surface area contributed by atoms with Crippen molar-refractivity contribution < 1.29 is 19.1 Å². The molecule has 1 heterocycles. The fraction of sp³-hybridized carbons (Fsp3) is 0.111. The number of hydrogen-bond donors (Lipinski definition) is 1. The number of esters is 1. The van der Waals surface area contributed by atoms with E-state index in [0.29, 0.717) is 17.4 Å². The standard InChI is InChI=1S/C18H14O5/c1-2-11-8-17(20)22-15-10-16(14(19)9-13(11)15)23-18(21)12-6-4-3-5-7-12/h3-10,19H,2H2,1H3. The maximum Gasteiger partial charge on any atom is 0.343 e. The van der Waals surface area contributed by atoms with Crippen molar-refractivity contribution in [3.63, 3.8) is 0 Å². The number of ether oxygens (including phenoxy) is 1. The third-order valence-electron chi connectivity index (χ3n) is 3.50. The fourth-order valence-electron chi connectivity index (χ4n) is 2.35. The molecular formula is C18H14O5. The second-order valence-corrected chi connectivity index (χ2v) is 5.02. The number of phenols is 1. The first-order valence-corrected chi connectivity index (χ1v) is 7.15. The van der Waals surface area contributed by atoms with Crippen LogP contribution >= 0.6 is 0 Å². The molecule has 1 aromatic heterocycles. The molecular weight excluding hydrogens is 296 g/mol. The molecule has 0 aliphatic carbocycles. The number of aryl methyl sites for hydroxylation is 1. The summed E-state index contributed by atoms with van der Waals surface area (Å²) in [4.78, 5) is 23.6. The van der Waals surface area contributed by atoms with Crippen molar-refractivity contribution in [3.05, 3.63) is 70.1 Å². The summed E-state index contributed by atoms with van der Waals surface area (Å²) < 4.78 is 10.3. The number of aromatic hydroxyl groups is 1. The Morgan fingerprint density at radius 2 is 1.91 bits per heavy atom. The van der Waals surface area contributed by atoms with Crippen LogP contribution in [0.15, 0.2) is 57.7 Å². The van der Waals surface area contributed by atoms with Crippen LogP contribution in [0.1, 0.15) is 22.8 Å². The molecule has 0 fully saturated rings. The summed E-state index contributed by atoms with van der Waals surface area (Å²) in [6, 6.07) is 12.6. The predicted octanol–water partition coefficient (Wildman–Crippen LogP) is 3.28. The van der Waals surface area contributed by atoms with Crippen LogP contribution < -0.4 is 10.4 Å². The van der Waals surface area contributed by atoms with Crippen molar-refractivity contribution in [2.75, 3.05) is 0 Å². The highest BCUT2D eigenvalue weighted by molar-refractivity contribution is 5.92. The first-order chi connectivity index (χ1) is 11.1. The van der Waals surface area contributed by atoms with Crippen molar-refractivity contribution >= 4 is 16.9 Å². The second-order valence-electron chi connectivity index (χ2n) is 5.02. The SMILES string of the molecule is CCc1cc(=O)oc2cc(OC(=O)c3ccccc3)c(O)cc12. The minimum Gasteiger partial charge on any atom is -0.504 e. The molecule has 0 spiro atoms. The Kier molecular flexibility index (Phi) is 3.85. The predicted molar refractivity (Wildman–Crippen MR) is 84.9 cm³/mol. The highest BCUT2D eigenvalue weighted by atomic mass is 16.5. The van der Waals surface area contributed by atoms with E-state index in [-0.39, 0.29) is 17.1 Å². The van der Waals surface area contributed by atoms with Gasteiger partial charge in [0, 0.05) is 17.5 Å². The average molecular weight is 310 g/mol. The molecule has 3 aromatic rings. The Morgan fingerprint density at radius 1 is 1.17 bits per heavy atom. The van der Waals surface area contributed by atoms with Crippen LogP contribution in [-0.2, 0) is 6.42 Å².